The normalized spacial score (nSPS) is 10.8. The second-order valence-corrected chi connectivity index (χ2v) is 5.10. The van der Waals surface area contributed by atoms with Crippen molar-refractivity contribution in [2.75, 3.05) is 26.1 Å². The predicted octanol–water partition coefficient (Wildman–Crippen LogP) is 3.50. The summed E-state index contributed by atoms with van der Waals surface area (Å²) in [4.78, 5) is 8.53. The molecule has 0 amide bonds. The Morgan fingerprint density at radius 1 is 1.28 bits per heavy atom. The van der Waals surface area contributed by atoms with Gasteiger partial charge in [0.1, 0.15) is 5.76 Å². The number of halogens is 1. The minimum Gasteiger partial charge on any atom is -0.493 e. The maximum Gasteiger partial charge on any atom is 0.214 e. The van der Waals surface area contributed by atoms with E-state index in [1.54, 1.807) is 14.2 Å². The third kappa shape index (κ3) is 5.80. The molecule has 0 saturated carbocycles. The standard InChI is InChI=1S/C17H24N4O3.HI/c1-6-23-15-9-13(7-8-14(15)22-5)21-17(18-4)19-10-16-20-11(2)12(3)24-16;/h7-9H,6,10H2,1-5H3,(H2,18,19,21);1H. The quantitative estimate of drug-likeness (QED) is 0.390. The van der Waals surface area contributed by atoms with Crippen molar-refractivity contribution >= 4 is 35.6 Å². The van der Waals surface area contributed by atoms with Gasteiger partial charge >= 0.3 is 0 Å². The first-order valence-electron chi connectivity index (χ1n) is 7.78. The molecule has 0 aliphatic carbocycles. The van der Waals surface area contributed by atoms with Gasteiger partial charge in [-0.05, 0) is 32.9 Å². The number of aliphatic imine (C=N–C) groups is 1. The van der Waals surface area contributed by atoms with E-state index in [1.807, 2.05) is 39.0 Å². The van der Waals surface area contributed by atoms with Crippen LogP contribution in [-0.4, -0.2) is 31.7 Å². The molecule has 0 bridgehead atoms. The van der Waals surface area contributed by atoms with Crippen molar-refractivity contribution in [2.45, 2.75) is 27.3 Å². The number of benzene rings is 1. The van der Waals surface area contributed by atoms with Crippen LogP contribution in [0.25, 0.3) is 0 Å². The number of nitrogens with one attached hydrogen (secondary N) is 2. The minimum atomic E-state index is 0. The van der Waals surface area contributed by atoms with E-state index >= 15 is 0 Å². The van der Waals surface area contributed by atoms with E-state index in [-0.39, 0.29) is 24.0 Å². The van der Waals surface area contributed by atoms with Crippen LogP contribution in [0.3, 0.4) is 0 Å². The van der Waals surface area contributed by atoms with Gasteiger partial charge in [0, 0.05) is 18.8 Å². The van der Waals surface area contributed by atoms with E-state index < -0.39 is 0 Å². The fraction of sp³-hybridized carbons (Fsp3) is 0.412. The summed E-state index contributed by atoms with van der Waals surface area (Å²) in [5.41, 5.74) is 1.73. The number of hydrogen-bond donors (Lipinski definition) is 2. The Labute approximate surface area is 165 Å². The van der Waals surface area contributed by atoms with Crippen LogP contribution in [0.2, 0.25) is 0 Å². The molecule has 1 aromatic heterocycles. The molecule has 1 heterocycles. The average molecular weight is 460 g/mol. The maximum absolute atomic E-state index is 5.58. The Kier molecular flexibility index (Phi) is 8.53. The molecule has 1 aromatic carbocycles. The van der Waals surface area contributed by atoms with Crippen LogP contribution < -0.4 is 20.1 Å². The molecular weight excluding hydrogens is 435 g/mol. The highest BCUT2D eigenvalue weighted by Gasteiger charge is 2.09. The first-order chi connectivity index (χ1) is 11.6. The molecule has 0 aliphatic heterocycles. The van der Waals surface area contributed by atoms with Crippen molar-refractivity contribution in [2.24, 2.45) is 4.99 Å². The maximum atomic E-state index is 5.58. The van der Waals surface area contributed by atoms with E-state index in [2.05, 4.69) is 20.6 Å². The van der Waals surface area contributed by atoms with Crippen LogP contribution in [0.15, 0.2) is 27.6 Å². The lowest BCUT2D eigenvalue weighted by Gasteiger charge is -2.14. The van der Waals surface area contributed by atoms with Crippen molar-refractivity contribution in [1.82, 2.24) is 10.3 Å². The summed E-state index contributed by atoms with van der Waals surface area (Å²) < 4.78 is 16.4. The van der Waals surface area contributed by atoms with E-state index in [0.29, 0.717) is 36.5 Å². The van der Waals surface area contributed by atoms with Crippen LogP contribution in [-0.2, 0) is 6.54 Å². The van der Waals surface area contributed by atoms with Crippen LogP contribution in [0.1, 0.15) is 24.3 Å². The number of aromatic nitrogens is 1. The Hall–Kier alpha value is -1.97. The lowest BCUT2D eigenvalue weighted by atomic mass is 10.2. The van der Waals surface area contributed by atoms with E-state index in [9.17, 15) is 0 Å². The number of hydrogen-bond acceptors (Lipinski definition) is 5. The van der Waals surface area contributed by atoms with Crippen molar-refractivity contribution in [3.63, 3.8) is 0 Å². The van der Waals surface area contributed by atoms with Gasteiger partial charge in [-0.3, -0.25) is 4.99 Å². The van der Waals surface area contributed by atoms with E-state index in [4.69, 9.17) is 13.9 Å². The van der Waals surface area contributed by atoms with Gasteiger partial charge in [0.25, 0.3) is 0 Å². The molecule has 2 rings (SSSR count). The summed E-state index contributed by atoms with van der Waals surface area (Å²) in [6, 6.07) is 5.61. The smallest absolute Gasteiger partial charge is 0.214 e. The lowest BCUT2D eigenvalue weighted by Crippen LogP contribution is -2.30. The van der Waals surface area contributed by atoms with Gasteiger partial charge in [-0.2, -0.15) is 0 Å². The third-order valence-electron chi connectivity index (χ3n) is 3.43. The molecule has 0 unspecified atom stereocenters. The van der Waals surface area contributed by atoms with Crippen molar-refractivity contribution in [3.05, 3.63) is 35.5 Å². The number of anilines is 1. The molecule has 138 valence electrons. The monoisotopic (exact) mass is 460 g/mol. The number of oxazole rings is 1. The molecule has 8 heteroatoms. The number of nitrogens with zero attached hydrogens (tertiary/aromatic N) is 2. The molecule has 0 atom stereocenters. The fourth-order valence-corrected chi connectivity index (χ4v) is 2.11. The molecule has 0 saturated heterocycles. The summed E-state index contributed by atoms with van der Waals surface area (Å²) >= 11 is 0. The predicted molar refractivity (Wildman–Crippen MR) is 109 cm³/mol. The van der Waals surface area contributed by atoms with Gasteiger partial charge in [0.15, 0.2) is 17.5 Å². The zero-order chi connectivity index (χ0) is 17.5. The molecule has 2 aromatic rings. The van der Waals surface area contributed by atoms with Gasteiger partial charge < -0.3 is 24.5 Å². The van der Waals surface area contributed by atoms with Gasteiger partial charge in [-0.15, -0.1) is 24.0 Å². The van der Waals surface area contributed by atoms with Crippen molar-refractivity contribution in [1.29, 1.82) is 0 Å². The zero-order valence-corrected chi connectivity index (χ0v) is 17.5. The topological polar surface area (TPSA) is 80.9 Å². The summed E-state index contributed by atoms with van der Waals surface area (Å²) in [6.45, 7) is 6.76. The SMILES string of the molecule is CCOc1cc(NC(=NC)NCc2nc(C)c(C)o2)ccc1OC.I. The second-order valence-electron chi connectivity index (χ2n) is 5.10. The molecule has 0 spiro atoms. The number of ether oxygens (including phenoxy) is 2. The molecule has 0 aliphatic rings. The fourth-order valence-electron chi connectivity index (χ4n) is 2.11. The van der Waals surface area contributed by atoms with Gasteiger partial charge in [0.2, 0.25) is 5.89 Å². The lowest BCUT2D eigenvalue weighted by molar-refractivity contribution is 0.311. The molecular formula is C17H25IN4O3. The van der Waals surface area contributed by atoms with Crippen LogP contribution in [0.5, 0.6) is 11.5 Å². The Bertz CT molecular complexity index is 696. The zero-order valence-electron chi connectivity index (χ0n) is 15.2. The van der Waals surface area contributed by atoms with Gasteiger partial charge in [-0.25, -0.2) is 4.98 Å². The van der Waals surface area contributed by atoms with Gasteiger partial charge in [0.05, 0.1) is 26.0 Å². The number of aryl methyl sites for hydroxylation is 2. The highest BCUT2D eigenvalue weighted by atomic mass is 127. The van der Waals surface area contributed by atoms with Crippen molar-refractivity contribution < 1.29 is 13.9 Å². The number of methoxy groups -OCH3 is 1. The summed E-state index contributed by atoms with van der Waals surface area (Å²) in [5.74, 6) is 3.43. The van der Waals surface area contributed by atoms with E-state index in [1.165, 1.54) is 0 Å². The second kappa shape index (κ2) is 10.1. The number of guanidine groups is 1. The van der Waals surface area contributed by atoms with Gasteiger partial charge in [-0.1, -0.05) is 0 Å². The Morgan fingerprint density at radius 2 is 2.04 bits per heavy atom. The molecule has 2 N–H and O–H groups in total. The first-order valence-corrected chi connectivity index (χ1v) is 7.78. The highest BCUT2D eigenvalue weighted by molar-refractivity contribution is 14.0. The average Bonchev–Trinajstić information content (AvgIpc) is 2.90. The first kappa shape index (κ1) is 21.1. The third-order valence-corrected chi connectivity index (χ3v) is 3.43. The number of rotatable bonds is 6. The van der Waals surface area contributed by atoms with Crippen molar-refractivity contribution in [3.8, 4) is 11.5 Å². The molecule has 7 nitrogen and oxygen atoms in total. The van der Waals surface area contributed by atoms with Crippen LogP contribution in [0.4, 0.5) is 5.69 Å². The summed E-state index contributed by atoms with van der Waals surface area (Å²) in [7, 11) is 3.32. The Morgan fingerprint density at radius 3 is 2.60 bits per heavy atom. The molecule has 25 heavy (non-hydrogen) atoms. The minimum absolute atomic E-state index is 0. The molecule has 0 fully saturated rings. The summed E-state index contributed by atoms with van der Waals surface area (Å²) in [5, 5.41) is 6.37. The van der Waals surface area contributed by atoms with E-state index in [0.717, 1.165) is 17.1 Å². The van der Waals surface area contributed by atoms with Crippen LogP contribution in [0, 0.1) is 13.8 Å². The van der Waals surface area contributed by atoms with Crippen LogP contribution >= 0.6 is 24.0 Å². The summed E-state index contributed by atoms with van der Waals surface area (Å²) in [6.07, 6.45) is 0. The largest absolute Gasteiger partial charge is 0.493 e. The Balaban J connectivity index is 0.00000312. The highest BCUT2D eigenvalue weighted by Crippen LogP contribution is 2.30. The molecule has 0 radical (unpaired) electrons.